The maximum atomic E-state index is 12.6. The van der Waals surface area contributed by atoms with Crippen LogP contribution in [0.2, 0.25) is 0 Å². The van der Waals surface area contributed by atoms with Gasteiger partial charge in [0.25, 0.3) is 0 Å². The first kappa shape index (κ1) is 18.3. The molecule has 1 aliphatic rings. The molecule has 0 saturated heterocycles. The highest BCUT2D eigenvalue weighted by Crippen LogP contribution is 2.43. The van der Waals surface area contributed by atoms with Crippen molar-refractivity contribution in [3.05, 3.63) is 11.6 Å². The second kappa shape index (κ2) is 6.55. The first-order valence-electron chi connectivity index (χ1n) is 7.38. The zero-order valence-corrected chi connectivity index (χ0v) is 13.9. The second-order valence-corrected chi connectivity index (χ2v) is 6.96. The summed E-state index contributed by atoms with van der Waals surface area (Å²) in [6.45, 7) is 8.13. The largest absolute Gasteiger partial charge is 0.462 e. The van der Waals surface area contributed by atoms with Crippen molar-refractivity contribution in [2.75, 3.05) is 6.61 Å². The third kappa shape index (κ3) is 4.36. The fourth-order valence-electron chi connectivity index (χ4n) is 3.00. The van der Waals surface area contributed by atoms with Gasteiger partial charge < -0.3 is 4.74 Å². The average molecular weight is 308 g/mol. The van der Waals surface area contributed by atoms with E-state index in [2.05, 4.69) is 0 Å². The Hall–Kier alpha value is -1.78. The number of rotatable bonds is 5. The van der Waals surface area contributed by atoms with E-state index in [1.165, 1.54) is 13.0 Å². The number of hydrogen-bond acceptors (Lipinski definition) is 5. The van der Waals surface area contributed by atoms with Crippen LogP contribution in [-0.4, -0.2) is 29.9 Å². The molecule has 0 aromatic carbocycles. The summed E-state index contributed by atoms with van der Waals surface area (Å²) in [4.78, 5) is 47.5. The molecule has 1 fully saturated rings. The first-order valence-corrected chi connectivity index (χ1v) is 7.38. The van der Waals surface area contributed by atoms with Gasteiger partial charge >= 0.3 is 5.97 Å². The molecule has 0 radical (unpaired) electrons. The van der Waals surface area contributed by atoms with Crippen molar-refractivity contribution in [1.82, 2.24) is 0 Å². The summed E-state index contributed by atoms with van der Waals surface area (Å²) in [5.41, 5.74) is -1.24. The van der Waals surface area contributed by atoms with E-state index < -0.39 is 16.8 Å². The van der Waals surface area contributed by atoms with Gasteiger partial charge in [-0.1, -0.05) is 20.8 Å². The fraction of sp³-hybridized carbons (Fsp3) is 0.647. The van der Waals surface area contributed by atoms with Gasteiger partial charge in [-0.2, -0.15) is 0 Å². The summed E-state index contributed by atoms with van der Waals surface area (Å²) < 4.78 is 4.76. The minimum Gasteiger partial charge on any atom is -0.462 e. The van der Waals surface area contributed by atoms with Gasteiger partial charge in [0, 0.05) is 37.0 Å². The minimum atomic E-state index is -0.952. The van der Waals surface area contributed by atoms with E-state index in [0.717, 1.165) is 0 Å². The predicted octanol–water partition coefficient (Wildman–Crippen LogP) is 2.42. The number of allylic oxidation sites excluding steroid dienone is 1. The molecule has 1 saturated carbocycles. The molecule has 0 amide bonds. The molecule has 1 rings (SSSR count). The van der Waals surface area contributed by atoms with E-state index in [-0.39, 0.29) is 43.2 Å². The molecule has 0 aromatic heterocycles. The summed E-state index contributed by atoms with van der Waals surface area (Å²) in [7, 11) is 0. The quantitative estimate of drug-likeness (QED) is 0.576. The van der Waals surface area contributed by atoms with Gasteiger partial charge in [0.15, 0.2) is 5.78 Å². The Balaban J connectivity index is 2.83. The SMILES string of the molecule is CC(=O)OC/C=C(\C)C(=O)C[C@]1(C)CC(=O)CC(C)(C)C1=O. The van der Waals surface area contributed by atoms with Gasteiger partial charge in [0.1, 0.15) is 18.2 Å². The number of hydrogen-bond donors (Lipinski definition) is 0. The van der Waals surface area contributed by atoms with Crippen LogP contribution in [0.1, 0.15) is 53.9 Å². The Morgan fingerprint density at radius 3 is 2.27 bits per heavy atom. The van der Waals surface area contributed by atoms with Crippen molar-refractivity contribution in [1.29, 1.82) is 0 Å². The van der Waals surface area contributed by atoms with Gasteiger partial charge in [-0.15, -0.1) is 0 Å². The van der Waals surface area contributed by atoms with Crippen LogP contribution < -0.4 is 0 Å². The number of Topliss-reactive ketones (excluding diaryl/α,β-unsaturated/α-hetero) is 3. The van der Waals surface area contributed by atoms with E-state index in [9.17, 15) is 19.2 Å². The van der Waals surface area contributed by atoms with E-state index in [1.807, 2.05) is 0 Å². The van der Waals surface area contributed by atoms with Crippen LogP contribution in [0.3, 0.4) is 0 Å². The van der Waals surface area contributed by atoms with Gasteiger partial charge in [-0.25, -0.2) is 0 Å². The van der Waals surface area contributed by atoms with Gasteiger partial charge in [-0.3, -0.25) is 19.2 Å². The average Bonchev–Trinajstić information content (AvgIpc) is 2.34. The standard InChI is InChI=1S/C17H24O5/c1-11(6-7-22-12(2)18)14(20)10-17(5)9-13(19)8-16(3,4)15(17)21/h6H,7-10H2,1-5H3/b11-6+/t17-/m0/s1. The van der Waals surface area contributed by atoms with Gasteiger partial charge in [0.05, 0.1) is 0 Å². The molecular formula is C17H24O5. The van der Waals surface area contributed by atoms with E-state index in [4.69, 9.17) is 4.74 Å². The fourth-order valence-corrected chi connectivity index (χ4v) is 3.00. The maximum absolute atomic E-state index is 12.6. The molecule has 0 aromatic rings. The molecule has 5 nitrogen and oxygen atoms in total. The monoisotopic (exact) mass is 308 g/mol. The Labute approximate surface area is 131 Å². The lowest BCUT2D eigenvalue weighted by Crippen LogP contribution is -2.47. The van der Waals surface area contributed by atoms with Crippen LogP contribution in [0, 0.1) is 10.8 Å². The maximum Gasteiger partial charge on any atom is 0.302 e. The number of ether oxygens (including phenoxy) is 1. The van der Waals surface area contributed by atoms with Gasteiger partial charge in [0.2, 0.25) is 0 Å². The van der Waals surface area contributed by atoms with E-state index in [1.54, 1.807) is 27.7 Å². The molecule has 5 heteroatoms. The number of esters is 1. The molecule has 0 N–H and O–H groups in total. The topological polar surface area (TPSA) is 77.5 Å². The Kier molecular flexibility index (Phi) is 5.44. The molecule has 122 valence electrons. The summed E-state index contributed by atoms with van der Waals surface area (Å²) >= 11 is 0. The molecule has 0 heterocycles. The van der Waals surface area contributed by atoms with E-state index >= 15 is 0 Å². The molecular weight excluding hydrogens is 284 g/mol. The van der Waals surface area contributed by atoms with Crippen molar-refractivity contribution >= 4 is 23.3 Å². The van der Waals surface area contributed by atoms with Crippen LogP contribution in [0.25, 0.3) is 0 Å². The third-order valence-electron chi connectivity index (χ3n) is 4.06. The lowest BCUT2D eigenvalue weighted by molar-refractivity contribution is -0.149. The summed E-state index contributed by atoms with van der Waals surface area (Å²) in [5.74, 6) is -0.644. The first-order chi connectivity index (χ1) is 9.98. The number of carbonyl (C=O) groups excluding carboxylic acids is 4. The van der Waals surface area contributed by atoms with Crippen molar-refractivity contribution in [3.8, 4) is 0 Å². The highest BCUT2D eigenvalue weighted by atomic mass is 16.5. The predicted molar refractivity (Wildman–Crippen MR) is 81.2 cm³/mol. The van der Waals surface area contributed by atoms with Gasteiger partial charge in [-0.05, 0) is 18.6 Å². The molecule has 0 unspecified atom stereocenters. The van der Waals surface area contributed by atoms with Crippen molar-refractivity contribution < 1.29 is 23.9 Å². The Morgan fingerprint density at radius 2 is 1.73 bits per heavy atom. The summed E-state index contributed by atoms with van der Waals surface area (Å²) in [6.07, 6.45) is 1.87. The number of carbonyl (C=O) groups is 4. The minimum absolute atomic E-state index is 0.00338. The molecule has 0 spiro atoms. The Morgan fingerprint density at radius 1 is 1.14 bits per heavy atom. The molecule has 1 atom stereocenters. The molecule has 0 aliphatic heterocycles. The highest BCUT2D eigenvalue weighted by Gasteiger charge is 2.49. The zero-order valence-electron chi connectivity index (χ0n) is 13.9. The van der Waals surface area contributed by atoms with Crippen molar-refractivity contribution in [2.45, 2.75) is 53.9 Å². The van der Waals surface area contributed by atoms with Crippen LogP contribution in [0.4, 0.5) is 0 Å². The summed E-state index contributed by atoms with van der Waals surface area (Å²) in [5, 5.41) is 0. The Bertz CT molecular complexity index is 541. The van der Waals surface area contributed by atoms with Crippen LogP contribution >= 0.6 is 0 Å². The molecule has 0 bridgehead atoms. The lowest BCUT2D eigenvalue weighted by Gasteiger charge is -2.39. The number of ketones is 3. The van der Waals surface area contributed by atoms with Crippen LogP contribution in [0.5, 0.6) is 0 Å². The second-order valence-electron chi connectivity index (χ2n) is 6.96. The summed E-state index contributed by atoms with van der Waals surface area (Å²) in [6, 6.07) is 0. The van der Waals surface area contributed by atoms with Crippen LogP contribution in [-0.2, 0) is 23.9 Å². The van der Waals surface area contributed by atoms with E-state index in [0.29, 0.717) is 5.57 Å². The smallest absolute Gasteiger partial charge is 0.302 e. The highest BCUT2D eigenvalue weighted by molar-refractivity contribution is 6.05. The molecule has 1 aliphatic carbocycles. The third-order valence-corrected chi connectivity index (χ3v) is 4.06. The normalized spacial score (nSPS) is 25.0. The zero-order chi connectivity index (χ0) is 17.1. The lowest BCUT2D eigenvalue weighted by atomic mass is 9.61. The van der Waals surface area contributed by atoms with Crippen molar-refractivity contribution in [2.24, 2.45) is 10.8 Å². The van der Waals surface area contributed by atoms with Crippen LogP contribution in [0.15, 0.2) is 11.6 Å². The molecule has 22 heavy (non-hydrogen) atoms. The van der Waals surface area contributed by atoms with Crippen molar-refractivity contribution in [3.63, 3.8) is 0 Å².